The van der Waals surface area contributed by atoms with Crippen molar-refractivity contribution in [2.45, 2.75) is 11.6 Å². The molecule has 4 heteroatoms. The predicted octanol–water partition coefficient (Wildman–Crippen LogP) is 1.32. The Balaban J connectivity index is 2.74. The second kappa shape index (κ2) is 3.20. The Morgan fingerprint density at radius 1 is 1.89 bits per heavy atom. The Hall–Kier alpha value is -0.0600. The van der Waals surface area contributed by atoms with E-state index in [0.717, 1.165) is 10.0 Å². The zero-order valence-corrected chi connectivity index (χ0v) is 6.76. The molecule has 50 valence electrons. The maximum Gasteiger partial charge on any atom is 0.107 e. The zero-order chi connectivity index (χ0) is 6.69. The van der Waals surface area contributed by atoms with E-state index in [0.29, 0.717) is 6.54 Å². The fraction of sp³-hybridized carbons (Fsp3) is 0.400. The van der Waals surface area contributed by atoms with Gasteiger partial charge in [-0.25, -0.2) is 4.98 Å². The highest BCUT2D eigenvalue weighted by atomic mass is 32.2. The smallest absolute Gasteiger partial charge is 0.107 e. The third kappa shape index (κ3) is 1.67. The number of thioether (sulfide) groups is 1. The molecule has 0 atom stereocenters. The quantitative estimate of drug-likeness (QED) is 0.663. The summed E-state index contributed by atoms with van der Waals surface area (Å²) < 4.78 is 0. The molecule has 1 aromatic rings. The summed E-state index contributed by atoms with van der Waals surface area (Å²) in [4.78, 5) is 4.20. The van der Waals surface area contributed by atoms with E-state index in [1.165, 1.54) is 0 Å². The Morgan fingerprint density at radius 2 is 2.67 bits per heavy atom. The lowest BCUT2D eigenvalue weighted by molar-refractivity contribution is 1.000. The molecule has 0 fully saturated rings. The molecule has 0 aliphatic rings. The van der Waals surface area contributed by atoms with Crippen LogP contribution in [0.1, 0.15) is 5.01 Å². The third-order valence-electron chi connectivity index (χ3n) is 0.914. The lowest BCUT2D eigenvalue weighted by Gasteiger charge is -1.83. The molecule has 0 aliphatic heterocycles. The van der Waals surface area contributed by atoms with Crippen molar-refractivity contribution in [3.63, 3.8) is 0 Å². The van der Waals surface area contributed by atoms with Gasteiger partial charge in [-0.2, -0.15) is 0 Å². The zero-order valence-electron chi connectivity index (χ0n) is 5.13. The maximum atomic E-state index is 5.36. The molecule has 0 aliphatic carbocycles. The van der Waals surface area contributed by atoms with Crippen molar-refractivity contribution in [3.8, 4) is 0 Å². The molecule has 0 unspecified atom stereocenters. The van der Waals surface area contributed by atoms with Gasteiger partial charge in [0.2, 0.25) is 0 Å². The van der Waals surface area contributed by atoms with Crippen LogP contribution in [0.25, 0.3) is 0 Å². The van der Waals surface area contributed by atoms with Crippen molar-refractivity contribution in [1.82, 2.24) is 4.98 Å². The summed E-state index contributed by atoms with van der Waals surface area (Å²) in [7, 11) is 0. The topological polar surface area (TPSA) is 38.9 Å². The molecule has 0 amide bonds. The monoisotopic (exact) mass is 160 g/mol. The molecule has 0 spiro atoms. The second-order valence-electron chi connectivity index (χ2n) is 1.49. The molecule has 1 rings (SSSR count). The van der Waals surface area contributed by atoms with E-state index in [1.54, 1.807) is 23.1 Å². The summed E-state index contributed by atoms with van der Waals surface area (Å²) in [5, 5.41) is 4.10. The Bertz CT molecular complexity index is 166. The predicted molar refractivity (Wildman–Crippen MR) is 41.8 cm³/mol. The van der Waals surface area contributed by atoms with Crippen molar-refractivity contribution in [3.05, 3.63) is 10.4 Å². The van der Waals surface area contributed by atoms with E-state index in [-0.39, 0.29) is 0 Å². The van der Waals surface area contributed by atoms with Crippen molar-refractivity contribution in [2.24, 2.45) is 5.73 Å². The first kappa shape index (κ1) is 7.05. The van der Waals surface area contributed by atoms with Crippen molar-refractivity contribution in [1.29, 1.82) is 0 Å². The summed E-state index contributed by atoms with van der Waals surface area (Å²) in [6.45, 7) is 0.561. The largest absolute Gasteiger partial charge is 0.325 e. The van der Waals surface area contributed by atoms with E-state index in [2.05, 4.69) is 4.98 Å². The molecular weight excluding hydrogens is 152 g/mol. The number of rotatable bonds is 2. The molecule has 0 aromatic carbocycles. The summed E-state index contributed by atoms with van der Waals surface area (Å²) in [6, 6.07) is 0. The van der Waals surface area contributed by atoms with Gasteiger partial charge in [-0.15, -0.1) is 23.1 Å². The SMILES string of the molecule is CSc1csc(CN)n1. The van der Waals surface area contributed by atoms with Crippen LogP contribution < -0.4 is 5.73 Å². The van der Waals surface area contributed by atoms with Crippen LogP contribution in [0.4, 0.5) is 0 Å². The van der Waals surface area contributed by atoms with E-state index in [4.69, 9.17) is 5.73 Å². The third-order valence-corrected chi connectivity index (χ3v) is 2.56. The van der Waals surface area contributed by atoms with E-state index >= 15 is 0 Å². The number of nitrogens with two attached hydrogens (primary N) is 1. The van der Waals surface area contributed by atoms with Gasteiger partial charge < -0.3 is 5.73 Å². The van der Waals surface area contributed by atoms with E-state index in [1.807, 2.05) is 11.6 Å². The average Bonchev–Trinajstić information content (AvgIpc) is 2.34. The number of hydrogen-bond acceptors (Lipinski definition) is 4. The normalized spacial score (nSPS) is 10.0. The van der Waals surface area contributed by atoms with E-state index < -0.39 is 0 Å². The summed E-state index contributed by atoms with van der Waals surface area (Å²) in [5.74, 6) is 0. The van der Waals surface area contributed by atoms with Crippen LogP contribution in [0.5, 0.6) is 0 Å². The highest BCUT2D eigenvalue weighted by Crippen LogP contribution is 2.17. The van der Waals surface area contributed by atoms with Gasteiger partial charge in [0.15, 0.2) is 0 Å². The molecule has 0 radical (unpaired) electrons. The molecule has 2 nitrogen and oxygen atoms in total. The first-order valence-corrected chi connectivity index (χ1v) is 4.65. The van der Waals surface area contributed by atoms with Crippen LogP contribution in [0.2, 0.25) is 0 Å². The molecule has 1 aromatic heterocycles. The van der Waals surface area contributed by atoms with Gasteiger partial charge >= 0.3 is 0 Å². The fourth-order valence-corrected chi connectivity index (χ4v) is 1.81. The van der Waals surface area contributed by atoms with Crippen LogP contribution in [0.3, 0.4) is 0 Å². The van der Waals surface area contributed by atoms with Gasteiger partial charge in [-0.05, 0) is 6.26 Å². The van der Waals surface area contributed by atoms with Gasteiger partial charge in [-0.3, -0.25) is 0 Å². The number of hydrogen-bond donors (Lipinski definition) is 1. The molecule has 0 saturated carbocycles. The number of nitrogens with zero attached hydrogens (tertiary/aromatic N) is 1. The highest BCUT2D eigenvalue weighted by molar-refractivity contribution is 7.98. The molecule has 9 heavy (non-hydrogen) atoms. The Labute approximate surface area is 62.5 Å². The highest BCUT2D eigenvalue weighted by Gasteiger charge is 1.95. The molecule has 0 bridgehead atoms. The Kier molecular flexibility index (Phi) is 2.50. The average molecular weight is 160 g/mol. The van der Waals surface area contributed by atoms with Gasteiger partial charge in [0, 0.05) is 11.9 Å². The van der Waals surface area contributed by atoms with E-state index in [9.17, 15) is 0 Å². The first-order chi connectivity index (χ1) is 4.36. The first-order valence-electron chi connectivity index (χ1n) is 2.55. The minimum absolute atomic E-state index is 0.561. The Morgan fingerprint density at radius 3 is 3.00 bits per heavy atom. The van der Waals surface area contributed by atoms with Crippen LogP contribution >= 0.6 is 23.1 Å². The van der Waals surface area contributed by atoms with Gasteiger partial charge in [-0.1, -0.05) is 0 Å². The maximum absolute atomic E-state index is 5.36. The molecule has 1 heterocycles. The molecule has 2 N–H and O–H groups in total. The molecule has 0 saturated heterocycles. The van der Waals surface area contributed by atoms with Crippen LogP contribution in [0.15, 0.2) is 10.4 Å². The van der Waals surface area contributed by atoms with Crippen LogP contribution in [-0.2, 0) is 6.54 Å². The van der Waals surface area contributed by atoms with Crippen molar-refractivity contribution < 1.29 is 0 Å². The number of aromatic nitrogens is 1. The fourth-order valence-electron chi connectivity index (χ4n) is 0.482. The molecular formula is C5H8N2S2. The minimum atomic E-state index is 0.561. The number of thiazole rings is 1. The second-order valence-corrected chi connectivity index (χ2v) is 3.26. The van der Waals surface area contributed by atoms with Gasteiger partial charge in [0.1, 0.15) is 10.0 Å². The van der Waals surface area contributed by atoms with Gasteiger partial charge in [0.25, 0.3) is 0 Å². The lowest BCUT2D eigenvalue weighted by Crippen LogP contribution is -1.94. The summed E-state index contributed by atoms with van der Waals surface area (Å²) in [6.07, 6.45) is 2.01. The van der Waals surface area contributed by atoms with Crippen LogP contribution in [0, 0.1) is 0 Å². The summed E-state index contributed by atoms with van der Waals surface area (Å²) in [5.41, 5.74) is 5.36. The minimum Gasteiger partial charge on any atom is -0.325 e. The van der Waals surface area contributed by atoms with Crippen molar-refractivity contribution in [2.75, 3.05) is 6.26 Å². The van der Waals surface area contributed by atoms with Crippen molar-refractivity contribution >= 4 is 23.1 Å². The van der Waals surface area contributed by atoms with Crippen LogP contribution in [-0.4, -0.2) is 11.2 Å². The summed E-state index contributed by atoms with van der Waals surface area (Å²) >= 11 is 3.27. The standard InChI is InChI=1S/C5H8N2S2/c1-8-5-3-9-4(2-6)7-5/h3H,2,6H2,1H3. The lowest BCUT2D eigenvalue weighted by atomic mass is 10.7. The van der Waals surface area contributed by atoms with Gasteiger partial charge in [0.05, 0.1) is 0 Å².